The number of ether oxygens (including phenoxy) is 3. The molecule has 0 aromatic rings. The molecule has 0 saturated heterocycles. The number of hydrogen-bond acceptors (Lipinski definition) is 4. The number of carbonyl (C=O) groups excluding carboxylic acids is 1. The molecule has 0 aliphatic carbocycles. The molecule has 0 heterocycles. The minimum Gasteiger partial charge on any atom is -0.469 e. The number of rotatable bonds is 4. The van der Waals surface area contributed by atoms with E-state index in [1.165, 1.54) is 14.0 Å². The molecule has 0 N–H and O–H groups in total. The quantitative estimate of drug-likeness (QED) is 0.684. The van der Waals surface area contributed by atoms with Crippen LogP contribution in [0.2, 0.25) is 0 Å². The highest BCUT2D eigenvalue weighted by molar-refractivity contribution is 5.65. The molecule has 0 fully saturated rings. The van der Waals surface area contributed by atoms with E-state index in [0.29, 0.717) is 0 Å². The summed E-state index contributed by atoms with van der Waals surface area (Å²) in [5.41, 5.74) is 0. The van der Waals surface area contributed by atoms with Crippen molar-refractivity contribution in [3.63, 3.8) is 0 Å². The summed E-state index contributed by atoms with van der Waals surface area (Å²) in [6.45, 7) is 12.7. The van der Waals surface area contributed by atoms with Gasteiger partial charge in [0.25, 0.3) is 0 Å². The number of esters is 1. The molecule has 0 aliphatic heterocycles. The van der Waals surface area contributed by atoms with Crippen molar-refractivity contribution in [3.05, 3.63) is 0 Å². The lowest BCUT2D eigenvalue weighted by Crippen LogP contribution is -1.88. The molecule has 0 atom stereocenters. The molecule has 0 bridgehead atoms. The molecule has 4 nitrogen and oxygen atoms in total. The average molecular weight is 222 g/mol. The van der Waals surface area contributed by atoms with E-state index in [-0.39, 0.29) is 5.97 Å². The van der Waals surface area contributed by atoms with Gasteiger partial charge in [0.2, 0.25) is 0 Å². The van der Waals surface area contributed by atoms with Crippen LogP contribution in [0.3, 0.4) is 0 Å². The van der Waals surface area contributed by atoms with Crippen LogP contribution in [-0.2, 0) is 19.0 Å². The molecule has 0 rings (SSSR count). The van der Waals surface area contributed by atoms with Crippen LogP contribution in [0.5, 0.6) is 0 Å². The summed E-state index contributed by atoms with van der Waals surface area (Å²) in [6, 6.07) is 0. The predicted octanol–water partition coefficient (Wildman–Crippen LogP) is 2.26. The Morgan fingerprint density at radius 1 is 0.867 bits per heavy atom. The van der Waals surface area contributed by atoms with Crippen LogP contribution < -0.4 is 0 Å². The smallest absolute Gasteiger partial charge is 0.302 e. The standard InChI is InChI=1S/2C4H10O.C3H6O2/c2*1-3-5-4-2;1-3(4)5-2/h2*3-4H2,1-2H3;1-2H3. The zero-order valence-electron chi connectivity index (χ0n) is 11.0. The van der Waals surface area contributed by atoms with Gasteiger partial charge in [-0.3, -0.25) is 4.79 Å². The first-order valence-electron chi connectivity index (χ1n) is 5.30. The third-order valence-electron chi connectivity index (χ3n) is 1.10. The zero-order chi connectivity index (χ0) is 12.5. The molecule has 0 aromatic heterocycles. The van der Waals surface area contributed by atoms with Crippen LogP contribution in [0.15, 0.2) is 0 Å². The molecular formula is C11H26O4. The molecule has 0 aromatic carbocycles. The average Bonchev–Trinajstić information content (AvgIpc) is 2.22. The first-order valence-corrected chi connectivity index (χ1v) is 5.30. The van der Waals surface area contributed by atoms with Gasteiger partial charge in [-0.2, -0.15) is 0 Å². The van der Waals surface area contributed by atoms with Crippen LogP contribution in [0.1, 0.15) is 34.6 Å². The molecule has 0 amide bonds. The third-order valence-corrected chi connectivity index (χ3v) is 1.10. The van der Waals surface area contributed by atoms with Gasteiger partial charge < -0.3 is 14.2 Å². The molecule has 0 spiro atoms. The second-order valence-electron chi connectivity index (χ2n) is 2.26. The van der Waals surface area contributed by atoms with E-state index in [1.54, 1.807) is 0 Å². The van der Waals surface area contributed by atoms with Crippen molar-refractivity contribution in [2.75, 3.05) is 33.5 Å². The van der Waals surface area contributed by atoms with Gasteiger partial charge in [-0.1, -0.05) is 0 Å². The maximum atomic E-state index is 9.59. The minimum atomic E-state index is -0.245. The molecule has 15 heavy (non-hydrogen) atoms. The maximum absolute atomic E-state index is 9.59. The second-order valence-corrected chi connectivity index (χ2v) is 2.26. The van der Waals surface area contributed by atoms with E-state index in [4.69, 9.17) is 9.47 Å². The van der Waals surface area contributed by atoms with Crippen molar-refractivity contribution in [1.82, 2.24) is 0 Å². The summed E-state index contributed by atoms with van der Waals surface area (Å²) in [7, 11) is 1.35. The maximum Gasteiger partial charge on any atom is 0.302 e. The van der Waals surface area contributed by atoms with Crippen molar-refractivity contribution in [3.8, 4) is 0 Å². The van der Waals surface area contributed by atoms with Crippen molar-refractivity contribution in [1.29, 1.82) is 0 Å². The van der Waals surface area contributed by atoms with E-state index < -0.39 is 0 Å². The van der Waals surface area contributed by atoms with Gasteiger partial charge in [0.15, 0.2) is 0 Å². The highest BCUT2D eigenvalue weighted by Crippen LogP contribution is 1.65. The van der Waals surface area contributed by atoms with Crippen LogP contribution >= 0.6 is 0 Å². The SMILES string of the molecule is CCOCC.CCOCC.COC(C)=O. The fourth-order valence-electron chi connectivity index (χ4n) is 0.408. The van der Waals surface area contributed by atoms with Gasteiger partial charge in [-0.15, -0.1) is 0 Å². The van der Waals surface area contributed by atoms with Crippen molar-refractivity contribution in [2.24, 2.45) is 0 Å². The summed E-state index contributed by atoms with van der Waals surface area (Å²) >= 11 is 0. The van der Waals surface area contributed by atoms with Crippen LogP contribution in [0.25, 0.3) is 0 Å². The first kappa shape index (κ1) is 19.9. The summed E-state index contributed by atoms with van der Waals surface area (Å²) in [6.07, 6.45) is 0. The fraction of sp³-hybridized carbons (Fsp3) is 0.909. The van der Waals surface area contributed by atoms with E-state index in [0.717, 1.165) is 26.4 Å². The number of hydrogen-bond donors (Lipinski definition) is 0. The molecule has 0 radical (unpaired) electrons. The highest BCUT2D eigenvalue weighted by atomic mass is 16.5. The Morgan fingerprint density at radius 2 is 1.07 bits per heavy atom. The van der Waals surface area contributed by atoms with E-state index >= 15 is 0 Å². The molecule has 94 valence electrons. The summed E-state index contributed by atoms with van der Waals surface area (Å²) in [5, 5.41) is 0. The van der Waals surface area contributed by atoms with Gasteiger partial charge in [0.05, 0.1) is 7.11 Å². The lowest BCUT2D eigenvalue weighted by molar-refractivity contribution is -0.137. The van der Waals surface area contributed by atoms with Crippen LogP contribution in [-0.4, -0.2) is 39.5 Å². The number of methoxy groups -OCH3 is 1. The molecule has 4 heteroatoms. The Kier molecular flexibility index (Phi) is 30.9. The highest BCUT2D eigenvalue weighted by Gasteiger charge is 1.75. The normalized spacial score (nSPS) is 7.87. The van der Waals surface area contributed by atoms with Gasteiger partial charge in [0, 0.05) is 33.4 Å². The van der Waals surface area contributed by atoms with Crippen LogP contribution in [0.4, 0.5) is 0 Å². The Hall–Kier alpha value is -0.610. The summed E-state index contributed by atoms with van der Waals surface area (Å²) in [4.78, 5) is 9.59. The lowest BCUT2D eigenvalue weighted by Gasteiger charge is -1.86. The second kappa shape index (κ2) is 23.3. The fourth-order valence-corrected chi connectivity index (χ4v) is 0.408. The monoisotopic (exact) mass is 222 g/mol. The van der Waals surface area contributed by atoms with Crippen LogP contribution in [0, 0.1) is 0 Å². The van der Waals surface area contributed by atoms with Crippen molar-refractivity contribution >= 4 is 5.97 Å². The van der Waals surface area contributed by atoms with Gasteiger partial charge in [-0.05, 0) is 27.7 Å². The van der Waals surface area contributed by atoms with Gasteiger partial charge in [-0.25, -0.2) is 0 Å². The Labute approximate surface area is 93.9 Å². The largest absolute Gasteiger partial charge is 0.469 e. The Balaban J connectivity index is -0.000000144. The van der Waals surface area contributed by atoms with E-state index in [2.05, 4.69) is 4.74 Å². The number of carbonyl (C=O) groups is 1. The van der Waals surface area contributed by atoms with Gasteiger partial charge in [0.1, 0.15) is 0 Å². The molecule has 0 unspecified atom stereocenters. The summed E-state index contributed by atoms with van der Waals surface area (Å²) < 4.78 is 13.8. The van der Waals surface area contributed by atoms with Gasteiger partial charge >= 0.3 is 5.97 Å². The molecule has 0 saturated carbocycles. The molecular weight excluding hydrogens is 196 g/mol. The Morgan fingerprint density at radius 3 is 1.07 bits per heavy atom. The minimum absolute atomic E-state index is 0.245. The topological polar surface area (TPSA) is 44.8 Å². The third kappa shape index (κ3) is 59.8. The first-order chi connectivity index (χ1) is 7.10. The zero-order valence-corrected chi connectivity index (χ0v) is 11.0. The van der Waals surface area contributed by atoms with Crippen molar-refractivity contribution < 1.29 is 19.0 Å². The Bertz CT molecular complexity index is 94.8. The van der Waals surface area contributed by atoms with E-state index in [1.807, 2.05) is 27.7 Å². The van der Waals surface area contributed by atoms with Crippen molar-refractivity contribution in [2.45, 2.75) is 34.6 Å². The lowest BCUT2D eigenvalue weighted by atomic mass is 10.8. The summed E-state index contributed by atoms with van der Waals surface area (Å²) in [5.74, 6) is -0.245. The van der Waals surface area contributed by atoms with E-state index in [9.17, 15) is 4.79 Å². The molecule has 0 aliphatic rings. The predicted molar refractivity (Wildman–Crippen MR) is 62.0 cm³/mol.